The summed E-state index contributed by atoms with van der Waals surface area (Å²) < 4.78 is 5.79. The third-order valence-electron chi connectivity index (χ3n) is 6.27. The Labute approximate surface area is 270 Å². The molecule has 0 aromatic heterocycles. The molecule has 9 heteroatoms. The molecule has 3 N–H and O–H groups in total. The van der Waals surface area contributed by atoms with Gasteiger partial charge in [-0.3, -0.25) is 14.4 Å². The van der Waals surface area contributed by atoms with Gasteiger partial charge in [-0.25, -0.2) is 0 Å². The van der Waals surface area contributed by atoms with E-state index in [2.05, 4.69) is 16.0 Å². The summed E-state index contributed by atoms with van der Waals surface area (Å²) >= 11 is 7.46. The van der Waals surface area contributed by atoms with Crippen molar-refractivity contribution < 1.29 is 19.1 Å². The average Bonchev–Trinajstić information content (AvgIpc) is 3.05. The molecular formula is C36H28ClN3O4S. The monoisotopic (exact) mass is 633 g/mol. The molecular weight excluding hydrogens is 606 g/mol. The molecule has 0 aliphatic heterocycles. The highest BCUT2D eigenvalue weighted by molar-refractivity contribution is 8.00. The Morgan fingerprint density at radius 2 is 1.38 bits per heavy atom. The zero-order valence-corrected chi connectivity index (χ0v) is 25.5. The fourth-order valence-corrected chi connectivity index (χ4v) is 5.10. The predicted molar refractivity (Wildman–Crippen MR) is 181 cm³/mol. The maximum atomic E-state index is 13.4. The number of hydrogen-bond donors (Lipinski definition) is 3. The zero-order valence-electron chi connectivity index (χ0n) is 23.9. The molecule has 224 valence electrons. The topological polar surface area (TPSA) is 96.5 Å². The quantitative estimate of drug-likeness (QED) is 0.100. The van der Waals surface area contributed by atoms with Gasteiger partial charge in [0.05, 0.1) is 5.75 Å². The first kappa shape index (κ1) is 31.1. The van der Waals surface area contributed by atoms with Gasteiger partial charge >= 0.3 is 0 Å². The maximum Gasteiger partial charge on any atom is 0.272 e. The van der Waals surface area contributed by atoms with Crippen molar-refractivity contribution in [3.8, 4) is 11.5 Å². The highest BCUT2D eigenvalue weighted by Gasteiger charge is 2.16. The molecule has 3 amide bonds. The van der Waals surface area contributed by atoms with Gasteiger partial charge in [0.2, 0.25) is 5.91 Å². The van der Waals surface area contributed by atoms with Crippen molar-refractivity contribution in [1.29, 1.82) is 0 Å². The molecule has 0 aliphatic rings. The standard InChI is InChI=1S/C36H28ClN3O4S/c37-27-12-7-9-25(21-27)22-33(40-35(42)26-10-3-1-4-11-26)36(43)39-29-13-8-16-32(23-29)45-24-34(41)38-28-17-19-31(20-18-28)44-30-14-5-2-6-15-30/h1-23H,24H2,(H,38,41)(H,39,43)(H,40,42)/b33-22-. The van der Waals surface area contributed by atoms with Crippen LogP contribution in [0.3, 0.4) is 0 Å². The van der Waals surface area contributed by atoms with Crippen LogP contribution in [0.2, 0.25) is 5.02 Å². The van der Waals surface area contributed by atoms with Crippen LogP contribution in [0.4, 0.5) is 11.4 Å². The molecule has 0 saturated heterocycles. The SMILES string of the molecule is O=C(CSc1cccc(NC(=O)/C(=C/c2cccc(Cl)c2)NC(=O)c2ccccc2)c1)Nc1ccc(Oc2ccccc2)cc1. The lowest BCUT2D eigenvalue weighted by molar-refractivity contribution is -0.114. The van der Waals surface area contributed by atoms with Crippen LogP contribution in [-0.4, -0.2) is 23.5 Å². The summed E-state index contributed by atoms with van der Waals surface area (Å²) in [5, 5.41) is 8.94. The van der Waals surface area contributed by atoms with Crippen LogP contribution in [0.1, 0.15) is 15.9 Å². The third kappa shape index (κ3) is 9.59. The van der Waals surface area contributed by atoms with E-state index in [-0.39, 0.29) is 17.4 Å². The van der Waals surface area contributed by atoms with Gasteiger partial charge in [-0.15, -0.1) is 11.8 Å². The van der Waals surface area contributed by atoms with Gasteiger partial charge in [0, 0.05) is 26.9 Å². The van der Waals surface area contributed by atoms with E-state index in [1.54, 1.807) is 103 Å². The number of amides is 3. The second-order valence-electron chi connectivity index (χ2n) is 9.69. The molecule has 0 radical (unpaired) electrons. The molecule has 0 heterocycles. The normalized spacial score (nSPS) is 10.9. The summed E-state index contributed by atoms with van der Waals surface area (Å²) in [5.41, 5.74) is 2.26. The predicted octanol–water partition coefficient (Wildman–Crippen LogP) is 8.27. The highest BCUT2D eigenvalue weighted by Crippen LogP contribution is 2.25. The summed E-state index contributed by atoms with van der Waals surface area (Å²) in [6, 6.07) is 39.3. The van der Waals surface area contributed by atoms with Crippen molar-refractivity contribution in [3.63, 3.8) is 0 Å². The Bertz CT molecular complexity index is 1810. The van der Waals surface area contributed by atoms with E-state index >= 15 is 0 Å². The minimum atomic E-state index is -0.515. The fourth-order valence-electron chi connectivity index (χ4n) is 4.14. The first-order chi connectivity index (χ1) is 21.9. The number of para-hydroxylation sites is 1. The third-order valence-corrected chi connectivity index (χ3v) is 7.50. The van der Waals surface area contributed by atoms with E-state index in [9.17, 15) is 14.4 Å². The number of carbonyl (C=O) groups excluding carboxylic acids is 3. The van der Waals surface area contributed by atoms with E-state index in [1.165, 1.54) is 11.8 Å². The van der Waals surface area contributed by atoms with E-state index in [0.717, 1.165) is 10.6 Å². The second kappa shape index (κ2) is 15.4. The number of rotatable bonds is 11. The van der Waals surface area contributed by atoms with Crippen LogP contribution in [0, 0.1) is 0 Å². The lowest BCUT2D eigenvalue weighted by atomic mass is 10.1. The molecule has 0 spiro atoms. The number of halogens is 1. The number of nitrogens with one attached hydrogen (secondary N) is 3. The Hall–Kier alpha value is -5.31. The van der Waals surface area contributed by atoms with E-state index < -0.39 is 11.8 Å². The first-order valence-electron chi connectivity index (χ1n) is 13.9. The molecule has 45 heavy (non-hydrogen) atoms. The summed E-state index contributed by atoms with van der Waals surface area (Å²) in [4.78, 5) is 39.7. The van der Waals surface area contributed by atoms with E-state index in [4.69, 9.17) is 16.3 Å². The van der Waals surface area contributed by atoms with Crippen LogP contribution < -0.4 is 20.7 Å². The Morgan fingerprint density at radius 1 is 0.689 bits per heavy atom. The van der Waals surface area contributed by atoms with E-state index in [1.807, 2.05) is 36.4 Å². The lowest BCUT2D eigenvalue weighted by Crippen LogP contribution is -2.30. The van der Waals surface area contributed by atoms with Gasteiger partial charge in [0.1, 0.15) is 17.2 Å². The summed E-state index contributed by atoms with van der Waals surface area (Å²) in [7, 11) is 0. The Balaban J connectivity index is 1.19. The molecule has 5 aromatic carbocycles. The van der Waals surface area contributed by atoms with Gasteiger partial charge < -0.3 is 20.7 Å². The van der Waals surface area contributed by atoms with Gasteiger partial charge in [0.25, 0.3) is 11.8 Å². The molecule has 0 unspecified atom stereocenters. The molecule has 0 atom stereocenters. The zero-order chi connectivity index (χ0) is 31.4. The van der Waals surface area contributed by atoms with Crippen molar-refractivity contribution in [3.05, 3.63) is 155 Å². The van der Waals surface area contributed by atoms with Crippen molar-refractivity contribution in [2.75, 3.05) is 16.4 Å². The average molecular weight is 634 g/mol. The van der Waals surface area contributed by atoms with Crippen LogP contribution >= 0.6 is 23.4 Å². The largest absolute Gasteiger partial charge is 0.457 e. The Kier molecular flexibility index (Phi) is 10.7. The molecule has 0 aliphatic carbocycles. The summed E-state index contributed by atoms with van der Waals surface area (Å²) in [5.74, 6) is 0.437. The Morgan fingerprint density at radius 3 is 2.11 bits per heavy atom. The molecule has 5 aromatic rings. The van der Waals surface area contributed by atoms with Crippen molar-refractivity contribution in [1.82, 2.24) is 5.32 Å². The van der Waals surface area contributed by atoms with Crippen LogP contribution in [0.25, 0.3) is 6.08 Å². The summed E-state index contributed by atoms with van der Waals surface area (Å²) in [6.45, 7) is 0. The van der Waals surface area contributed by atoms with Crippen molar-refractivity contribution >= 4 is 58.5 Å². The summed E-state index contributed by atoms with van der Waals surface area (Å²) in [6.07, 6.45) is 1.56. The maximum absolute atomic E-state index is 13.4. The molecule has 0 saturated carbocycles. The van der Waals surface area contributed by atoms with E-state index in [0.29, 0.717) is 33.3 Å². The van der Waals surface area contributed by atoms with Gasteiger partial charge in [-0.1, -0.05) is 66.2 Å². The smallest absolute Gasteiger partial charge is 0.272 e. The number of carbonyl (C=O) groups is 3. The minimum absolute atomic E-state index is 0.0451. The molecule has 0 bridgehead atoms. The number of hydrogen-bond acceptors (Lipinski definition) is 5. The number of thioether (sulfide) groups is 1. The van der Waals surface area contributed by atoms with Crippen LogP contribution in [-0.2, 0) is 9.59 Å². The first-order valence-corrected chi connectivity index (χ1v) is 15.3. The second-order valence-corrected chi connectivity index (χ2v) is 11.2. The molecule has 5 rings (SSSR count). The molecule has 0 fully saturated rings. The lowest BCUT2D eigenvalue weighted by Gasteiger charge is -2.12. The van der Waals surface area contributed by atoms with Gasteiger partial charge in [0.15, 0.2) is 0 Å². The molecule has 7 nitrogen and oxygen atoms in total. The number of anilines is 2. The van der Waals surface area contributed by atoms with Crippen molar-refractivity contribution in [2.45, 2.75) is 4.90 Å². The minimum Gasteiger partial charge on any atom is -0.457 e. The number of benzene rings is 5. The van der Waals surface area contributed by atoms with Crippen molar-refractivity contribution in [2.24, 2.45) is 0 Å². The van der Waals surface area contributed by atoms with Crippen LogP contribution in [0.15, 0.2) is 144 Å². The number of ether oxygens (including phenoxy) is 1. The fraction of sp³-hybridized carbons (Fsp3) is 0.0278. The van der Waals surface area contributed by atoms with Gasteiger partial charge in [-0.2, -0.15) is 0 Å². The highest BCUT2D eigenvalue weighted by atomic mass is 35.5. The van der Waals surface area contributed by atoms with Crippen LogP contribution in [0.5, 0.6) is 11.5 Å². The van der Waals surface area contributed by atoms with Gasteiger partial charge in [-0.05, 0) is 90.5 Å².